The first-order valence-corrected chi connectivity index (χ1v) is 8.30. The number of hydrogen-bond acceptors (Lipinski definition) is 6. The highest BCUT2D eigenvalue weighted by Crippen LogP contribution is 2.19. The molecule has 0 aromatic heterocycles. The van der Waals surface area contributed by atoms with Gasteiger partial charge in [-0.15, -0.1) is 0 Å². The molecule has 0 spiro atoms. The summed E-state index contributed by atoms with van der Waals surface area (Å²) >= 11 is 0. The highest BCUT2D eigenvalue weighted by molar-refractivity contribution is 5.64. The van der Waals surface area contributed by atoms with Crippen LogP contribution in [-0.4, -0.2) is 24.5 Å². The zero-order valence-electron chi connectivity index (χ0n) is 14.8. The van der Waals surface area contributed by atoms with Crippen molar-refractivity contribution in [2.24, 2.45) is 0 Å². The maximum atomic E-state index is 11.8. The van der Waals surface area contributed by atoms with Crippen molar-refractivity contribution in [1.82, 2.24) is 0 Å². The SMILES string of the molecule is CC(C)(CCCOC(=O)Oc1ccccc1)OC(=O)Oc1ccccc1. The van der Waals surface area contributed by atoms with Crippen molar-refractivity contribution in [2.45, 2.75) is 32.3 Å². The molecule has 6 heteroatoms. The molecule has 0 unspecified atom stereocenters. The van der Waals surface area contributed by atoms with Gasteiger partial charge in [0, 0.05) is 0 Å². The van der Waals surface area contributed by atoms with E-state index in [0.29, 0.717) is 24.3 Å². The van der Waals surface area contributed by atoms with Crippen molar-refractivity contribution < 1.29 is 28.5 Å². The first-order chi connectivity index (χ1) is 12.4. The molecule has 6 nitrogen and oxygen atoms in total. The summed E-state index contributed by atoms with van der Waals surface area (Å²) in [4.78, 5) is 23.4. The van der Waals surface area contributed by atoms with Crippen LogP contribution in [0.5, 0.6) is 11.5 Å². The minimum absolute atomic E-state index is 0.159. The van der Waals surface area contributed by atoms with E-state index in [1.165, 1.54) is 0 Å². The lowest BCUT2D eigenvalue weighted by molar-refractivity contribution is -0.00103. The van der Waals surface area contributed by atoms with Gasteiger partial charge < -0.3 is 18.9 Å². The Hall–Kier alpha value is -3.02. The molecule has 0 fully saturated rings. The summed E-state index contributed by atoms with van der Waals surface area (Å²) in [5, 5.41) is 0. The fourth-order valence-electron chi connectivity index (χ4n) is 2.15. The third kappa shape index (κ3) is 7.25. The molecule has 0 aliphatic heterocycles. The summed E-state index contributed by atoms with van der Waals surface area (Å²) in [6.07, 6.45) is -0.533. The molecule has 0 saturated heterocycles. The topological polar surface area (TPSA) is 71.1 Å². The van der Waals surface area contributed by atoms with Gasteiger partial charge in [-0.05, 0) is 51.0 Å². The summed E-state index contributed by atoms with van der Waals surface area (Å²) in [5.74, 6) is 0.838. The molecule has 0 atom stereocenters. The Morgan fingerprint density at radius 2 is 1.31 bits per heavy atom. The van der Waals surface area contributed by atoms with Gasteiger partial charge in [-0.25, -0.2) is 9.59 Å². The number of hydrogen-bond donors (Lipinski definition) is 0. The molecule has 2 aromatic rings. The van der Waals surface area contributed by atoms with Crippen molar-refractivity contribution in [3.8, 4) is 11.5 Å². The van der Waals surface area contributed by atoms with Gasteiger partial charge in [-0.2, -0.15) is 0 Å². The van der Waals surface area contributed by atoms with Crippen LogP contribution in [0.15, 0.2) is 60.7 Å². The smallest absolute Gasteiger partial charge is 0.434 e. The molecule has 0 bridgehead atoms. The van der Waals surface area contributed by atoms with Gasteiger partial charge in [0.05, 0.1) is 6.61 Å². The van der Waals surface area contributed by atoms with Gasteiger partial charge >= 0.3 is 12.3 Å². The average Bonchev–Trinajstić information content (AvgIpc) is 2.60. The number of para-hydroxylation sites is 2. The monoisotopic (exact) mass is 358 g/mol. The van der Waals surface area contributed by atoms with Gasteiger partial charge in [0.15, 0.2) is 0 Å². The summed E-state index contributed by atoms with van der Waals surface area (Å²) < 4.78 is 20.4. The Morgan fingerprint density at radius 3 is 1.85 bits per heavy atom. The van der Waals surface area contributed by atoms with Crippen LogP contribution < -0.4 is 9.47 Å². The van der Waals surface area contributed by atoms with Crippen LogP contribution in [-0.2, 0) is 9.47 Å². The summed E-state index contributed by atoms with van der Waals surface area (Å²) in [6, 6.07) is 17.4. The van der Waals surface area contributed by atoms with Crippen LogP contribution in [0.3, 0.4) is 0 Å². The molecule has 26 heavy (non-hydrogen) atoms. The van der Waals surface area contributed by atoms with Crippen LogP contribution in [0.25, 0.3) is 0 Å². The van der Waals surface area contributed by atoms with Crippen LogP contribution in [0, 0.1) is 0 Å². The lowest BCUT2D eigenvalue weighted by Gasteiger charge is -2.24. The van der Waals surface area contributed by atoms with E-state index in [2.05, 4.69) is 0 Å². The molecule has 0 N–H and O–H groups in total. The highest BCUT2D eigenvalue weighted by atomic mass is 16.7. The molecule has 2 aromatic carbocycles. The summed E-state index contributed by atoms with van der Waals surface area (Å²) in [6.45, 7) is 3.69. The van der Waals surface area contributed by atoms with E-state index in [1.54, 1.807) is 62.4 Å². The van der Waals surface area contributed by atoms with Gasteiger partial charge in [0.2, 0.25) is 0 Å². The molecule has 0 aliphatic rings. The normalized spacial score (nSPS) is 10.7. The first-order valence-electron chi connectivity index (χ1n) is 8.30. The number of ether oxygens (including phenoxy) is 4. The highest BCUT2D eigenvalue weighted by Gasteiger charge is 2.24. The first kappa shape index (κ1) is 19.3. The lowest BCUT2D eigenvalue weighted by Crippen LogP contribution is -2.30. The minimum atomic E-state index is -0.773. The van der Waals surface area contributed by atoms with Crippen LogP contribution in [0.4, 0.5) is 9.59 Å². The average molecular weight is 358 g/mol. The van der Waals surface area contributed by atoms with E-state index < -0.39 is 17.9 Å². The Labute approximate surface area is 152 Å². The predicted molar refractivity (Wildman–Crippen MR) is 95.3 cm³/mol. The maximum Gasteiger partial charge on any atom is 0.514 e. The van der Waals surface area contributed by atoms with E-state index in [-0.39, 0.29) is 6.61 Å². The zero-order chi connectivity index (χ0) is 18.8. The second-order valence-corrected chi connectivity index (χ2v) is 6.14. The van der Waals surface area contributed by atoms with E-state index in [1.807, 2.05) is 12.1 Å². The number of rotatable bonds is 7. The van der Waals surface area contributed by atoms with Gasteiger partial charge in [-0.3, -0.25) is 0 Å². The number of carbonyl (C=O) groups is 2. The standard InChI is InChI=1S/C20H22O6/c1-20(2,26-19(22)25-17-12-7-4-8-13-17)14-9-15-23-18(21)24-16-10-5-3-6-11-16/h3-8,10-13H,9,14-15H2,1-2H3. The van der Waals surface area contributed by atoms with Crippen LogP contribution >= 0.6 is 0 Å². The van der Waals surface area contributed by atoms with Crippen molar-refractivity contribution in [3.05, 3.63) is 60.7 Å². The third-order valence-corrected chi connectivity index (χ3v) is 3.39. The molecule has 0 heterocycles. The van der Waals surface area contributed by atoms with E-state index in [4.69, 9.17) is 18.9 Å². The Kier molecular flexibility index (Phi) is 7.02. The minimum Gasteiger partial charge on any atom is -0.434 e. The summed E-state index contributed by atoms with van der Waals surface area (Å²) in [5.41, 5.74) is -0.751. The van der Waals surface area contributed by atoms with Gasteiger partial charge in [-0.1, -0.05) is 36.4 Å². The van der Waals surface area contributed by atoms with Crippen LogP contribution in [0.1, 0.15) is 26.7 Å². The second kappa shape index (κ2) is 9.46. The fourth-order valence-corrected chi connectivity index (χ4v) is 2.15. The van der Waals surface area contributed by atoms with Crippen molar-refractivity contribution >= 4 is 12.3 Å². The maximum absolute atomic E-state index is 11.8. The second-order valence-electron chi connectivity index (χ2n) is 6.14. The fraction of sp³-hybridized carbons (Fsp3) is 0.300. The molecule has 138 valence electrons. The van der Waals surface area contributed by atoms with Gasteiger partial charge in [0.25, 0.3) is 0 Å². The van der Waals surface area contributed by atoms with Crippen molar-refractivity contribution in [1.29, 1.82) is 0 Å². The van der Waals surface area contributed by atoms with E-state index >= 15 is 0 Å². The van der Waals surface area contributed by atoms with Crippen LogP contribution in [0.2, 0.25) is 0 Å². The van der Waals surface area contributed by atoms with Crippen molar-refractivity contribution in [3.63, 3.8) is 0 Å². The molecular formula is C20H22O6. The van der Waals surface area contributed by atoms with Crippen molar-refractivity contribution in [2.75, 3.05) is 6.61 Å². The lowest BCUT2D eigenvalue weighted by atomic mass is 10.0. The number of benzene rings is 2. The Morgan fingerprint density at radius 1 is 0.808 bits per heavy atom. The van der Waals surface area contributed by atoms with E-state index in [0.717, 1.165) is 0 Å². The molecule has 2 rings (SSSR count). The zero-order valence-corrected chi connectivity index (χ0v) is 14.8. The van der Waals surface area contributed by atoms with E-state index in [9.17, 15) is 9.59 Å². The number of carbonyl (C=O) groups excluding carboxylic acids is 2. The molecular weight excluding hydrogens is 336 g/mol. The largest absolute Gasteiger partial charge is 0.514 e. The predicted octanol–water partition coefficient (Wildman–Crippen LogP) is 4.98. The Bertz CT molecular complexity index is 697. The van der Waals surface area contributed by atoms with Gasteiger partial charge in [0.1, 0.15) is 17.1 Å². The third-order valence-electron chi connectivity index (χ3n) is 3.39. The molecule has 0 aliphatic carbocycles. The molecule has 0 saturated carbocycles. The quantitative estimate of drug-likeness (QED) is 0.395. The molecule has 0 radical (unpaired) electrons. The molecule has 0 amide bonds. The Balaban J connectivity index is 1.65. The summed E-state index contributed by atoms with van der Waals surface area (Å²) in [7, 11) is 0.